The van der Waals surface area contributed by atoms with Gasteiger partial charge in [0.25, 0.3) is 0 Å². The van der Waals surface area contributed by atoms with E-state index in [9.17, 15) is 0 Å². The molecule has 1 aromatic heterocycles. The van der Waals surface area contributed by atoms with E-state index in [1.807, 2.05) is 20.8 Å². The van der Waals surface area contributed by atoms with Crippen molar-refractivity contribution in [3.8, 4) is 0 Å². The molecule has 0 bridgehead atoms. The molecule has 16 heavy (non-hydrogen) atoms. The van der Waals surface area contributed by atoms with E-state index in [-0.39, 0.29) is 5.54 Å². The monoisotopic (exact) mass is 223 g/mol. The molecule has 4 N–H and O–H groups in total. The van der Waals surface area contributed by atoms with Gasteiger partial charge in [0.1, 0.15) is 12.1 Å². The van der Waals surface area contributed by atoms with E-state index in [1.165, 1.54) is 6.33 Å². The van der Waals surface area contributed by atoms with Crippen LogP contribution in [0.25, 0.3) is 0 Å². The van der Waals surface area contributed by atoms with Gasteiger partial charge in [-0.3, -0.25) is 5.01 Å². The van der Waals surface area contributed by atoms with Gasteiger partial charge in [0.15, 0.2) is 5.82 Å². The normalized spacial score (nSPS) is 11.6. The third-order valence-corrected chi connectivity index (χ3v) is 2.41. The van der Waals surface area contributed by atoms with Crippen molar-refractivity contribution in [1.29, 1.82) is 0 Å². The minimum atomic E-state index is -0.191. The lowest BCUT2D eigenvalue weighted by atomic mass is 10.1. The number of hydrogen-bond acceptors (Lipinski definition) is 5. The van der Waals surface area contributed by atoms with Gasteiger partial charge in [-0.05, 0) is 27.2 Å². The Bertz CT molecular complexity index is 356. The maximum atomic E-state index is 6.06. The topological polar surface area (TPSA) is 81.1 Å². The Balaban J connectivity index is 3.17. The molecule has 5 nitrogen and oxygen atoms in total. The highest BCUT2D eigenvalue weighted by Gasteiger charge is 2.23. The van der Waals surface area contributed by atoms with Gasteiger partial charge >= 0.3 is 0 Å². The van der Waals surface area contributed by atoms with Crippen molar-refractivity contribution in [2.45, 2.75) is 46.1 Å². The summed E-state index contributed by atoms with van der Waals surface area (Å²) in [5, 5.41) is 1.65. The SMILES string of the molecule is CCCc1c(N)ncnc1N(N)C(C)(C)C. The van der Waals surface area contributed by atoms with Crippen molar-refractivity contribution >= 4 is 11.6 Å². The average Bonchev–Trinajstić information content (AvgIpc) is 2.19. The molecule has 0 aliphatic rings. The van der Waals surface area contributed by atoms with Crippen LogP contribution >= 0.6 is 0 Å². The van der Waals surface area contributed by atoms with Crippen molar-refractivity contribution in [1.82, 2.24) is 9.97 Å². The zero-order chi connectivity index (χ0) is 12.3. The zero-order valence-corrected chi connectivity index (χ0v) is 10.5. The fraction of sp³-hybridized carbons (Fsp3) is 0.636. The molecule has 0 aliphatic heterocycles. The highest BCUT2D eigenvalue weighted by atomic mass is 15.5. The first-order chi connectivity index (χ1) is 7.38. The van der Waals surface area contributed by atoms with Crippen LogP contribution in [0, 0.1) is 0 Å². The van der Waals surface area contributed by atoms with Crippen LogP contribution < -0.4 is 16.6 Å². The number of hydrazine groups is 1. The Morgan fingerprint density at radius 3 is 2.44 bits per heavy atom. The molecule has 5 heteroatoms. The van der Waals surface area contributed by atoms with Crippen LogP contribution in [0.5, 0.6) is 0 Å². The van der Waals surface area contributed by atoms with Crippen LogP contribution in [0.3, 0.4) is 0 Å². The van der Waals surface area contributed by atoms with Gasteiger partial charge in [0, 0.05) is 11.1 Å². The molecule has 90 valence electrons. The van der Waals surface area contributed by atoms with E-state index in [1.54, 1.807) is 5.01 Å². The van der Waals surface area contributed by atoms with Gasteiger partial charge in [-0.15, -0.1) is 0 Å². The second-order valence-electron chi connectivity index (χ2n) is 4.85. The summed E-state index contributed by atoms with van der Waals surface area (Å²) in [6.07, 6.45) is 3.28. The van der Waals surface area contributed by atoms with Gasteiger partial charge < -0.3 is 5.73 Å². The fourth-order valence-electron chi connectivity index (χ4n) is 1.43. The van der Waals surface area contributed by atoms with E-state index >= 15 is 0 Å². The maximum absolute atomic E-state index is 6.06. The summed E-state index contributed by atoms with van der Waals surface area (Å²) < 4.78 is 0. The quantitative estimate of drug-likeness (QED) is 0.599. The van der Waals surface area contributed by atoms with Gasteiger partial charge in [-0.1, -0.05) is 13.3 Å². The smallest absolute Gasteiger partial charge is 0.151 e. The number of rotatable bonds is 3. The Hall–Kier alpha value is -1.36. The average molecular weight is 223 g/mol. The number of nitrogens with two attached hydrogens (primary N) is 2. The first-order valence-corrected chi connectivity index (χ1v) is 5.52. The molecule has 0 saturated carbocycles. The highest BCUT2D eigenvalue weighted by Crippen LogP contribution is 2.25. The molecule has 1 rings (SSSR count). The summed E-state index contributed by atoms with van der Waals surface area (Å²) >= 11 is 0. The summed E-state index contributed by atoms with van der Waals surface area (Å²) in [6.45, 7) is 8.18. The van der Waals surface area contributed by atoms with Gasteiger partial charge in [-0.25, -0.2) is 15.8 Å². The molecule has 0 saturated heterocycles. The van der Waals surface area contributed by atoms with E-state index in [4.69, 9.17) is 11.6 Å². The van der Waals surface area contributed by atoms with Crippen LogP contribution in [-0.2, 0) is 6.42 Å². The highest BCUT2D eigenvalue weighted by molar-refractivity contribution is 5.56. The molecule has 0 atom stereocenters. The Kier molecular flexibility index (Phi) is 3.70. The lowest BCUT2D eigenvalue weighted by Crippen LogP contribution is -2.48. The molecule has 0 radical (unpaired) electrons. The first kappa shape index (κ1) is 12.7. The van der Waals surface area contributed by atoms with Crippen molar-refractivity contribution < 1.29 is 0 Å². The van der Waals surface area contributed by atoms with E-state index in [0.717, 1.165) is 24.2 Å². The second kappa shape index (κ2) is 4.65. The summed E-state index contributed by atoms with van der Waals surface area (Å²) in [5.74, 6) is 7.30. The van der Waals surface area contributed by atoms with Crippen molar-refractivity contribution in [3.63, 3.8) is 0 Å². The molecular formula is C11H21N5. The van der Waals surface area contributed by atoms with Gasteiger partial charge in [0.05, 0.1) is 0 Å². The van der Waals surface area contributed by atoms with Crippen molar-refractivity contribution in [2.75, 3.05) is 10.7 Å². The molecule has 0 spiro atoms. The third kappa shape index (κ3) is 2.61. The van der Waals surface area contributed by atoms with E-state index in [0.29, 0.717) is 5.82 Å². The van der Waals surface area contributed by atoms with Crippen LogP contribution in [0.15, 0.2) is 6.33 Å². The second-order valence-corrected chi connectivity index (χ2v) is 4.85. The molecular weight excluding hydrogens is 202 g/mol. The Labute approximate surface area is 96.8 Å². The molecule has 0 unspecified atom stereocenters. The number of hydrogen-bond donors (Lipinski definition) is 2. The minimum absolute atomic E-state index is 0.191. The summed E-state index contributed by atoms with van der Waals surface area (Å²) in [4.78, 5) is 8.24. The van der Waals surface area contributed by atoms with Crippen LogP contribution in [-0.4, -0.2) is 15.5 Å². The standard InChI is InChI=1S/C11H21N5/c1-5-6-8-9(12)14-7-15-10(8)16(13)11(2,3)4/h7H,5-6,13H2,1-4H3,(H2,12,14,15). The van der Waals surface area contributed by atoms with Gasteiger partial charge in [-0.2, -0.15) is 0 Å². The molecule has 1 aromatic rings. The number of nitrogen functional groups attached to an aromatic ring is 1. The van der Waals surface area contributed by atoms with Crippen molar-refractivity contribution in [2.24, 2.45) is 5.84 Å². The predicted octanol–water partition coefficient (Wildman–Crippen LogP) is 1.49. The number of anilines is 2. The minimum Gasteiger partial charge on any atom is -0.383 e. The van der Waals surface area contributed by atoms with E-state index in [2.05, 4.69) is 16.9 Å². The molecule has 0 aromatic carbocycles. The van der Waals surface area contributed by atoms with Crippen LogP contribution in [0.4, 0.5) is 11.6 Å². The number of aromatic nitrogens is 2. The van der Waals surface area contributed by atoms with Crippen LogP contribution in [0.1, 0.15) is 39.7 Å². The van der Waals surface area contributed by atoms with Gasteiger partial charge in [0.2, 0.25) is 0 Å². The maximum Gasteiger partial charge on any atom is 0.151 e. The molecule has 0 aliphatic carbocycles. The lowest BCUT2D eigenvalue weighted by Gasteiger charge is -2.33. The summed E-state index contributed by atoms with van der Waals surface area (Å²) in [5.41, 5.74) is 6.60. The first-order valence-electron chi connectivity index (χ1n) is 5.52. The molecule has 0 fully saturated rings. The molecule has 0 amide bonds. The fourth-order valence-corrected chi connectivity index (χ4v) is 1.43. The Morgan fingerprint density at radius 1 is 1.31 bits per heavy atom. The zero-order valence-electron chi connectivity index (χ0n) is 10.5. The number of nitrogens with zero attached hydrogens (tertiary/aromatic N) is 3. The summed E-state index contributed by atoms with van der Waals surface area (Å²) in [7, 11) is 0. The largest absolute Gasteiger partial charge is 0.383 e. The summed E-state index contributed by atoms with van der Waals surface area (Å²) in [6, 6.07) is 0. The Morgan fingerprint density at radius 2 is 1.94 bits per heavy atom. The lowest BCUT2D eigenvalue weighted by molar-refractivity contribution is 0.506. The third-order valence-electron chi connectivity index (χ3n) is 2.41. The van der Waals surface area contributed by atoms with E-state index < -0.39 is 0 Å². The predicted molar refractivity (Wildman–Crippen MR) is 66.9 cm³/mol. The van der Waals surface area contributed by atoms with Crippen LogP contribution in [0.2, 0.25) is 0 Å². The molecule has 1 heterocycles. The van der Waals surface area contributed by atoms with Crippen molar-refractivity contribution in [3.05, 3.63) is 11.9 Å².